The van der Waals surface area contributed by atoms with Gasteiger partial charge in [0.15, 0.2) is 5.75 Å². The molecule has 1 amide bonds. The Kier molecular flexibility index (Phi) is 4.87. The number of amides is 1. The number of nitrogens with two attached hydrogens (primary N) is 1. The van der Waals surface area contributed by atoms with Crippen molar-refractivity contribution in [2.75, 3.05) is 11.9 Å². The van der Waals surface area contributed by atoms with Crippen molar-refractivity contribution < 1.29 is 18.7 Å². The highest BCUT2D eigenvalue weighted by molar-refractivity contribution is 6.30. The van der Waals surface area contributed by atoms with Gasteiger partial charge in [-0.05, 0) is 36.4 Å². The van der Waals surface area contributed by atoms with Crippen molar-refractivity contribution in [1.82, 2.24) is 9.97 Å². The van der Waals surface area contributed by atoms with Gasteiger partial charge in [0.1, 0.15) is 22.1 Å². The molecule has 1 spiro atoms. The quantitative estimate of drug-likeness (QED) is 0.537. The van der Waals surface area contributed by atoms with E-state index in [4.69, 9.17) is 38.4 Å². The second-order valence-electron chi connectivity index (χ2n) is 7.15. The van der Waals surface area contributed by atoms with Gasteiger partial charge in [-0.25, -0.2) is 15.0 Å². The molecule has 1 atom stereocenters. The van der Waals surface area contributed by atoms with Crippen molar-refractivity contribution >= 4 is 40.8 Å². The number of amidine groups is 1. The summed E-state index contributed by atoms with van der Waals surface area (Å²) in [6.07, 6.45) is 1.72. The molecular weight excluding hydrogens is 460 g/mol. The van der Waals surface area contributed by atoms with Gasteiger partial charge >= 0.3 is 0 Å². The highest BCUT2D eigenvalue weighted by Gasteiger charge is 2.46. The minimum atomic E-state index is -1.13. The largest absolute Gasteiger partial charge is 0.465 e. The van der Waals surface area contributed by atoms with Gasteiger partial charge in [0.2, 0.25) is 0 Å². The zero-order valence-electron chi connectivity index (χ0n) is 16.2. The molecule has 0 bridgehead atoms. The number of benzene rings is 1. The summed E-state index contributed by atoms with van der Waals surface area (Å²) in [7, 11) is 0. The fraction of sp³-hybridized carbons (Fsp3) is 0.143. The van der Waals surface area contributed by atoms with Gasteiger partial charge < -0.3 is 20.5 Å². The molecule has 0 saturated heterocycles. The summed E-state index contributed by atoms with van der Waals surface area (Å²) in [6, 6.07) is 9.45. The van der Waals surface area contributed by atoms with E-state index in [2.05, 4.69) is 20.3 Å². The van der Waals surface area contributed by atoms with Crippen LogP contribution >= 0.6 is 23.2 Å². The number of pyridine rings is 2. The number of hydrogen-bond donors (Lipinski definition) is 2. The average molecular weight is 474 g/mol. The van der Waals surface area contributed by atoms with Crippen molar-refractivity contribution in [3.63, 3.8) is 0 Å². The first-order chi connectivity index (χ1) is 15.4. The maximum atomic E-state index is 14.6. The standard InChI is InChI=1S/C21H14Cl2FN5O3/c22-10-1-3-14(26-9-10)19(30)27-11-2-4-15-12(7-11)21(5-6-31-20(25)29-21)13-8-16(23)28-18(24)17(13)32-15/h1-4,7-9H,5-6H2,(H2,25,29)(H,27,30)/t21-/m0/s1. The fourth-order valence-corrected chi connectivity index (χ4v) is 4.12. The predicted molar refractivity (Wildman–Crippen MR) is 116 cm³/mol. The number of ether oxygens (including phenoxy) is 2. The Balaban J connectivity index is 1.61. The highest BCUT2D eigenvalue weighted by atomic mass is 35.5. The smallest absolute Gasteiger partial charge is 0.283 e. The monoisotopic (exact) mass is 473 g/mol. The van der Waals surface area contributed by atoms with Crippen LogP contribution in [-0.4, -0.2) is 28.5 Å². The van der Waals surface area contributed by atoms with Crippen molar-refractivity contribution in [3.8, 4) is 11.5 Å². The van der Waals surface area contributed by atoms with E-state index in [9.17, 15) is 9.18 Å². The molecule has 162 valence electrons. The van der Waals surface area contributed by atoms with Crippen LogP contribution in [0.1, 0.15) is 28.0 Å². The van der Waals surface area contributed by atoms with Crippen LogP contribution in [0.3, 0.4) is 0 Å². The minimum absolute atomic E-state index is 0.0498. The average Bonchev–Trinajstić information content (AvgIpc) is 2.76. The SMILES string of the molecule is NC1=N[C@@]2(CCO1)c1cc(NC(=O)c3ccc(Cl)cn3)ccc1Oc1c2cc(Cl)nc1F. The summed E-state index contributed by atoms with van der Waals surface area (Å²) in [5, 5.41) is 3.15. The van der Waals surface area contributed by atoms with Crippen molar-refractivity contribution in [1.29, 1.82) is 0 Å². The van der Waals surface area contributed by atoms with Crippen LogP contribution in [-0.2, 0) is 10.3 Å². The lowest BCUT2D eigenvalue weighted by Crippen LogP contribution is -2.39. The molecule has 3 N–H and O–H groups in total. The fourth-order valence-electron chi connectivity index (χ4n) is 3.83. The van der Waals surface area contributed by atoms with Gasteiger partial charge in [0.25, 0.3) is 17.9 Å². The van der Waals surface area contributed by atoms with Crippen LogP contribution in [0.2, 0.25) is 10.2 Å². The number of nitrogens with zero attached hydrogens (tertiary/aromatic N) is 3. The number of anilines is 1. The molecule has 0 radical (unpaired) electrons. The van der Waals surface area contributed by atoms with E-state index in [-0.39, 0.29) is 29.2 Å². The van der Waals surface area contributed by atoms with E-state index in [1.54, 1.807) is 24.3 Å². The molecule has 3 aromatic rings. The normalized spacial score (nSPS) is 18.7. The van der Waals surface area contributed by atoms with Gasteiger partial charge in [0.05, 0.1) is 11.6 Å². The first kappa shape index (κ1) is 20.5. The third-order valence-electron chi connectivity index (χ3n) is 5.22. The summed E-state index contributed by atoms with van der Waals surface area (Å²) in [5.74, 6) is -1.02. The predicted octanol–water partition coefficient (Wildman–Crippen LogP) is 4.26. The number of halogens is 3. The third kappa shape index (κ3) is 3.39. The van der Waals surface area contributed by atoms with Crippen molar-refractivity contribution in [2.45, 2.75) is 12.0 Å². The molecule has 0 fully saturated rings. The number of rotatable bonds is 2. The van der Waals surface area contributed by atoms with Crippen LogP contribution in [0.4, 0.5) is 10.1 Å². The molecular formula is C21H14Cl2FN5O3. The zero-order valence-corrected chi connectivity index (χ0v) is 17.7. The Labute approximate surface area is 191 Å². The lowest BCUT2D eigenvalue weighted by molar-refractivity contribution is 0.102. The van der Waals surface area contributed by atoms with E-state index in [1.165, 1.54) is 18.3 Å². The van der Waals surface area contributed by atoms with Gasteiger partial charge in [0, 0.05) is 29.4 Å². The zero-order chi connectivity index (χ0) is 22.5. The molecule has 4 heterocycles. The van der Waals surface area contributed by atoms with E-state index in [0.717, 1.165) is 0 Å². The summed E-state index contributed by atoms with van der Waals surface area (Å²) in [5.41, 5.74) is 6.36. The molecule has 11 heteroatoms. The molecule has 1 aromatic carbocycles. The number of carbonyl (C=O) groups is 1. The third-order valence-corrected chi connectivity index (χ3v) is 5.63. The van der Waals surface area contributed by atoms with E-state index < -0.39 is 17.4 Å². The van der Waals surface area contributed by atoms with Crippen LogP contribution < -0.4 is 15.8 Å². The number of fused-ring (bicyclic) bond motifs is 4. The van der Waals surface area contributed by atoms with Gasteiger partial charge in [-0.15, -0.1) is 0 Å². The van der Waals surface area contributed by atoms with Crippen LogP contribution in [0, 0.1) is 5.95 Å². The minimum Gasteiger partial charge on any atom is -0.465 e. The van der Waals surface area contributed by atoms with Gasteiger partial charge in [-0.1, -0.05) is 23.2 Å². The second-order valence-corrected chi connectivity index (χ2v) is 7.97. The Morgan fingerprint density at radius 1 is 1.19 bits per heavy atom. The topological polar surface area (TPSA) is 112 Å². The highest BCUT2D eigenvalue weighted by Crippen LogP contribution is 2.53. The lowest BCUT2D eigenvalue weighted by Gasteiger charge is -2.39. The molecule has 0 unspecified atom stereocenters. The van der Waals surface area contributed by atoms with Crippen LogP contribution in [0.5, 0.6) is 11.5 Å². The van der Waals surface area contributed by atoms with E-state index in [0.29, 0.717) is 34.0 Å². The number of nitrogens with one attached hydrogen (secondary N) is 1. The molecule has 0 saturated carbocycles. The summed E-state index contributed by atoms with van der Waals surface area (Å²) in [4.78, 5) is 24.8. The summed E-state index contributed by atoms with van der Waals surface area (Å²) < 4.78 is 25.7. The summed E-state index contributed by atoms with van der Waals surface area (Å²) >= 11 is 11.9. The van der Waals surface area contributed by atoms with Gasteiger partial charge in [-0.3, -0.25) is 4.79 Å². The number of hydrogen-bond acceptors (Lipinski definition) is 7. The molecule has 5 rings (SSSR count). The molecule has 2 aromatic heterocycles. The lowest BCUT2D eigenvalue weighted by atomic mass is 9.78. The summed E-state index contributed by atoms with van der Waals surface area (Å²) in [6.45, 7) is 0.237. The Bertz CT molecular complexity index is 1290. The molecule has 2 aliphatic rings. The number of aliphatic imine (C=N–C) groups is 1. The Morgan fingerprint density at radius 2 is 2.03 bits per heavy atom. The van der Waals surface area contributed by atoms with Crippen molar-refractivity contribution in [2.24, 2.45) is 10.7 Å². The first-order valence-corrected chi connectivity index (χ1v) is 10.2. The Morgan fingerprint density at radius 3 is 2.78 bits per heavy atom. The molecule has 0 aliphatic carbocycles. The molecule has 32 heavy (non-hydrogen) atoms. The number of carbonyl (C=O) groups excluding carboxylic acids is 1. The van der Waals surface area contributed by atoms with Gasteiger partial charge in [-0.2, -0.15) is 4.39 Å². The van der Waals surface area contributed by atoms with Crippen LogP contribution in [0.15, 0.2) is 47.6 Å². The second kappa shape index (κ2) is 7.61. The van der Waals surface area contributed by atoms with E-state index in [1.807, 2.05) is 0 Å². The Hall–Kier alpha value is -3.43. The number of aromatic nitrogens is 2. The van der Waals surface area contributed by atoms with E-state index >= 15 is 0 Å². The van der Waals surface area contributed by atoms with Crippen molar-refractivity contribution in [3.05, 3.63) is 75.5 Å². The molecule has 2 aliphatic heterocycles. The maximum Gasteiger partial charge on any atom is 0.283 e. The van der Waals surface area contributed by atoms with Crippen LogP contribution in [0.25, 0.3) is 0 Å². The molecule has 8 nitrogen and oxygen atoms in total. The maximum absolute atomic E-state index is 14.6. The first-order valence-electron chi connectivity index (χ1n) is 9.46.